The van der Waals surface area contributed by atoms with E-state index in [9.17, 15) is 0 Å². The largest absolute Gasteiger partial charge is 0.388 e. The lowest BCUT2D eigenvalue weighted by molar-refractivity contribution is 0.960. The standard InChI is InChI=1S/C16H22N6/c1-4-7-19-15-11(2)10-20-16(22-15)21-13-6-5-12(9-17)14(8-13)18-3/h5-6,8-10,17-18H,4,7H2,1-3H3,(H2,19,20,21,22). The number of aryl methyl sites for hydroxylation is 1. The summed E-state index contributed by atoms with van der Waals surface area (Å²) in [6, 6.07) is 5.72. The van der Waals surface area contributed by atoms with Crippen LogP contribution < -0.4 is 16.0 Å². The molecular formula is C16H22N6. The number of hydrogen-bond acceptors (Lipinski definition) is 6. The smallest absolute Gasteiger partial charge is 0.229 e. The third kappa shape index (κ3) is 3.72. The minimum absolute atomic E-state index is 0.550. The van der Waals surface area contributed by atoms with Crippen molar-refractivity contribution in [2.45, 2.75) is 20.3 Å². The van der Waals surface area contributed by atoms with E-state index in [-0.39, 0.29) is 0 Å². The quantitative estimate of drug-likeness (QED) is 0.589. The van der Waals surface area contributed by atoms with Crippen LogP contribution in [0.25, 0.3) is 0 Å². The van der Waals surface area contributed by atoms with E-state index in [4.69, 9.17) is 5.41 Å². The van der Waals surface area contributed by atoms with E-state index in [0.717, 1.165) is 41.3 Å². The molecule has 0 spiro atoms. The van der Waals surface area contributed by atoms with Crippen LogP contribution in [0.3, 0.4) is 0 Å². The van der Waals surface area contributed by atoms with E-state index in [1.165, 1.54) is 6.21 Å². The highest BCUT2D eigenvalue weighted by Gasteiger charge is 2.05. The van der Waals surface area contributed by atoms with Crippen molar-refractivity contribution in [2.75, 3.05) is 29.5 Å². The van der Waals surface area contributed by atoms with Gasteiger partial charge in [0.05, 0.1) is 0 Å². The molecule has 0 aliphatic heterocycles. The molecule has 0 radical (unpaired) electrons. The van der Waals surface area contributed by atoms with Crippen LogP contribution in [0.5, 0.6) is 0 Å². The van der Waals surface area contributed by atoms with Crippen LogP contribution >= 0.6 is 0 Å². The molecule has 2 rings (SSSR count). The molecule has 0 amide bonds. The maximum absolute atomic E-state index is 7.38. The first-order valence-electron chi connectivity index (χ1n) is 7.34. The first kappa shape index (κ1) is 15.8. The van der Waals surface area contributed by atoms with Crippen molar-refractivity contribution in [1.82, 2.24) is 9.97 Å². The summed E-state index contributed by atoms with van der Waals surface area (Å²) in [5.41, 5.74) is 3.62. The maximum atomic E-state index is 7.38. The summed E-state index contributed by atoms with van der Waals surface area (Å²) in [4.78, 5) is 8.82. The highest BCUT2D eigenvalue weighted by Crippen LogP contribution is 2.22. The van der Waals surface area contributed by atoms with Crippen molar-refractivity contribution in [2.24, 2.45) is 0 Å². The van der Waals surface area contributed by atoms with Crippen LogP contribution in [0.15, 0.2) is 24.4 Å². The number of hydrogen-bond donors (Lipinski definition) is 4. The average molecular weight is 298 g/mol. The molecule has 1 aromatic carbocycles. The van der Waals surface area contributed by atoms with E-state index in [1.807, 2.05) is 32.2 Å². The molecule has 0 saturated carbocycles. The van der Waals surface area contributed by atoms with Gasteiger partial charge in [0.2, 0.25) is 5.95 Å². The third-order valence-corrected chi connectivity index (χ3v) is 3.25. The monoisotopic (exact) mass is 298 g/mol. The van der Waals surface area contributed by atoms with Crippen molar-refractivity contribution in [3.63, 3.8) is 0 Å². The Morgan fingerprint density at radius 2 is 2.14 bits per heavy atom. The second-order valence-corrected chi connectivity index (χ2v) is 4.97. The molecule has 1 heterocycles. The van der Waals surface area contributed by atoms with E-state index in [0.29, 0.717) is 5.95 Å². The molecule has 1 aromatic heterocycles. The Bertz CT molecular complexity index is 653. The van der Waals surface area contributed by atoms with Gasteiger partial charge >= 0.3 is 0 Å². The topological polar surface area (TPSA) is 85.7 Å². The van der Waals surface area contributed by atoms with Gasteiger partial charge in [0.15, 0.2) is 0 Å². The zero-order valence-electron chi connectivity index (χ0n) is 13.2. The molecule has 0 atom stereocenters. The predicted octanol–water partition coefficient (Wildman–Crippen LogP) is 3.39. The summed E-state index contributed by atoms with van der Waals surface area (Å²) >= 11 is 0. The molecule has 0 aliphatic rings. The SMILES string of the molecule is CCCNc1nc(Nc2ccc(C=N)c(NC)c2)ncc1C. The van der Waals surface area contributed by atoms with Crippen LogP contribution in [0.4, 0.5) is 23.1 Å². The lowest BCUT2D eigenvalue weighted by Gasteiger charge is -2.12. The van der Waals surface area contributed by atoms with Crippen LogP contribution in [-0.2, 0) is 0 Å². The zero-order valence-corrected chi connectivity index (χ0v) is 13.2. The van der Waals surface area contributed by atoms with Gasteiger partial charge in [0.25, 0.3) is 0 Å². The van der Waals surface area contributed by atoms with Gasteiger partial charge < -0.3 is 21.4 Å². The summed E-state index contributed by atoms with van der Waals surface area (Å²) in [5, 5.41) is 16.9. The summed E-state index contributed by atoms with van der Waals surface area (Å²) in [6.07, 6.45) is 4.17. The van der Waals surface area contributed by atoms with Crippen molar-refractivity contribution >= 4 is 29.4 Å². The predicted molar refractivity (Wildman–Crippen MR) is 92.7 cm³/mol. The van der Waals surface area contributed by atoms with E-state index in [2.05, 4.69) is 32.8 Å². The fraction of sp³-hybridized carbons (Fsp3) is 0.312. The number of nitrogens with zero attached hydrogens (tertiary/aromatic N) is 2. The summed E-state index contributed by atoms with van der Waals surface area (Å²) < 4.78 is 0. The Morgan fingerprint density at radius 3 is 2.82 bits per heavy atom. The van der Waals surface area contributed by atoms with Crippen molar-refractivity contribution < 1.29 is 0 Å². The van der Waals surface area contributed by atoms with Gasteiger partial charge in [0, 0.05) is 48.5 Å². The van der Waals surface area contributed by atoms with E-state index in [1.54, 1.807) is 6.20 Å². The Balaban J connectivity index is 2.21. The molecule has 2 aromatic rings. The molecule has 6 nitrogen and oxygen atoms in total. The van der Waals surface area contributed by atoms with Crippen molar-refractivity contribution in [1.29, 1.82) is 5.41 Å². The lowest BCUT2D eigenvalue weighted by atomic mass is 10.1. The highest BCUT2D eigenvalue weighted by atomic mass is 15.1. The molecule has 0 bridgehead atoms. The number of benzene rings is 1. The molecular weight excluding hydrogens is 276 g/mol. The minimum Gasteiger partial charge on any atom is -0.388 e. The average Bonchev–Trinajstić information content (AvgIpc) is 2.55. The van der Waals surface area contributed by atoms with Gasteiger partial charge in [-0.15, -0.1) is 0 Å². The van der Waals surface area contributed by atoms with Crippen LogP contribution in [-0.4, -0.2) is 29.8 Å². The van der Waals surface area contributed by atoms with Gasteiger partial charge in [-0.2, -0.15) is 4.98 Å². The molecule has 0 fully saturated rings. The van der Waals surface area contributed by atoms with Crippen molar-refractivity contribution in [3.05, 3.63) is 35.5 Å². The van der Waals surface area contributed by atoms with Crippen LogP contribution in [0.1, 0.15) is 24.5 Å². The molecule has 0 unspecified atom stereocenters. The summed E-state index contributed by atoms with van der Waals surface area (Å²) in [6.45, 7) is 4.99. The van der Waals surface area contributed by atoms with Gasteiger partial charge in [-0.3, -0.25) is 0 Å². The Morgan fingerprint density at radius 1 is 1.32 bits per heavy atom. The zero-order chi connectivity index (χ0) is 15.9. The maximum Gasteiger partial charge on any atom is 0.229 e. The molecule has 22 heavy (non-hydrogen) atoms. The Labute approximate surface area is 130 Å². The number of nitrogens with one attached hydrogen (secondary N) is 4. The second-order valence-electron chi connectivity index (χ2n) is 4.97. The highest BCUT2D eigenvalue weighted by molar-refractivity contribution is 5.87. The Kier molecular flexibility index (Phi) is 5.30. The number of aromatic nitrogens is 2. The minimum atomic E-state index is 0.550. The fourth-order valence-corrected chi connectivity index (χ4v) is 2.03. The second kappa shape index (κ2) is 7.40. The van der Waals surface area contributed by atoms with Gasteiger partial charge in [-0.05, 0) is 31.5 Å². The van der Waals surface area contributed by atoms with E-state index < -0.39 is 0 Å². The van der Waals surface area contributed by atoms with Crippen LogP contribution in [0.2, 0.25) is 0 Å². The van der Waals surface area contributed by atoms with E-state index >= 15 is 0 Å². The molecule has 6 heteroatoms. The summed E-state index contributed by atoms with van der Waals surface area (Å²) in [7, 11) is 1.83. The van der Waals surface area contributed by atoms with Gasteiger partial charge in [0.1, 0.15) is 5.82 Å². The fourth-order valence-electron chi connectivity index (χ4n) is 2.03. The molecule has 4 N–H and O–H groups in total. The summed E-state index contributed by atoms with van der Waals surface area (Å²) in [5.74, 6) is 1.40. The normalized spacial score (nSPS) is 10.1. The van der Waals surface area contributed by atoms with Crippen LogP contribution in [0, 0.1) is 12.3 Å². The molecule has 0 aliphatic carbocycles. The van der Waals surface area contributed by atoms with Crippen molar-refractivity contribution in [3.8, 4) is 0 Å². The first-order valence-corrected chi connectivity index (χ1v) is 7.34. The third-order valence-electron chi connectivity index (χ3n) is 3.25. The molecule has 0 saturated heterocycles. The van der Waals surface area contributed by atoms with Gasteiger partial charge in [-0.25, -0.2) is 4.98 Å². The lowest BCUT2D eigenvalue weighted by Crippen LogP contribution is -2.07. The molecule has 116 valence electrons. The number of anilines is 4. The van der Waals surface area contributed by atoms with Gasteiger partial charge in [-0.1, -0.05) is 6.92 Å². The number of rotatable bonds is 7. The first-order chi connectivity index (χ1) is 10.7. The Hall–Kier alpha value is -2.63.